The van der Waals surface area contributed by atoms with Crippen LogP contribution in [0, 0.1) is 5.41 Å². The third-order valence-electron chi connectivity index (χ3n) is 5.42. The van der Waals surface area contributed by atoms with E-state index in [1.807, 2.05) is 30.3 Å². The van der Waals surface area contributed by atoms with Crippen LogP contribution in [-0.4, -0.2) is 30.6 Å². The summed E-state index contributed by atoms with van der Waals surface area (Å²) in [5.74, 6) is 0.0345. The molecule has 5 nitrogen and oxygen atoms in total. The van der Waals surface area contributed by atoms with E-state index in [4.69, 9.17) is 9.73 Å². The predicted octanol–water partition coefficient (Wildman–Crippen LogP) is 5.56. The van der Waals surface area contributed by atoms with Gasteiger partial charge >= 0.3 is 0 Å². The van der Waals surface area contributed by atoms with Crippen molar-refractivity contribution in [3.05, 3.63) is 77.7 Å². The van der Waals surface area contributed by atoms with Crippen LogP contribution in [0.25, 0.3) is 5.57 Å². The number of benzene rings is 1. The fourth-order valence-corrected chi connectivity index (χ4v) is 4.06. The first-order valence-corrected chi connectivity index (χ1v) is 11.4. The SMILES string of the molecule is C=C(CCC(=O)NC(=C)CC(C)(C)C)COCC1=NC2=C(C(=O)C1)C(c1ccccc1)=CC2. The summed E-state index contributed by atoms with van der Waals surface area (Å²) in [5, 5.41) is 2.86. The van der Waals surface area contributed by atoms with Crippen molar-refractivity contribution in [3.63, 3.8) is 0 Å². The first-order valence-electron chi connectivity index (χ1n) is 11.4. The Morgan fingerprint density at radius 2 is 1.88 bits per heavy atom. The first kappa shape index (κ1) is 24.6. The van der Waals surface area contributed by atoms with Gasteiger partial charge in [-0.25, -0.2) is 0 Å². The third kappa shape index (κ3) is 7.22. The molecule has 33 heavy (non-hydrogen) atoms. The Hall–Kier alpha value is -3.05. The molecule has 0 atom stereocenters. The quantitative estimate of drug-likeness (QED) is 0.479. The van der Waals surface area contributed by atoms with E-state index < -0.39 is 0 Å². The Balaban J connectivity index is 1.43. The molecule has 1 aromatic carbocycles. The van der Waals surface area contributed by atoms with E-state index in [1.165, 1.54) is 0 Å². The van der Waals surface area contributed by atoms with Gasteiger partial charge in [0.2, 0.25) is 5.91 Å². The second-order valence-electron chi connectivity index (χ2n) is 9.92. The zero-order chi connectivity index (χ0) is 24.0. The fourth-order valence-electron chi connectivity index (χ4n) is 4.06. The molecule has 1 aliphatic carbocycles. The fraction of sp³-hybridized carbons (Fsp3) is 0.393. The molecular formula is C28H34N2O3. The van der Waals surface area contributed by atoms with Gasteiger partial charge in [0.25, 0.3) is 0 Å². The van der Waals surface area contributed by atoms with Crippen LogP contribution in [0.15, 0.2) is 77.1 Å². The van der Waals surface area contributed by atoms with Crippen molar-refractivity contribution >= 4 is 23.0 Å². The van der Waals surface area contributed by atoms with Crippen LogP contribution in [0.2, 0.25) is 0 Å². The van der Waals surface area contributed by atoms with Gasteiger partial charge in [-0.2, -0.15) is 0 Å². The number of Topliss-reactive ketones (excluding diaryl/α,β-unsaturated/α-hetero) is 1. The van der Waals surface area contributed by atoms with Crippen LogP contribution < -0.4 is 5.32 Å². The molecular weight excluding hydrogens is 412 g/mol. The maximum absolute atomic E-state index is 12.8. The molecule has 1 aliphatic heterocycles. The molecule has 1 N–H and O–H groups in total. The number of allylic oxidation sites excluding steroid dienone is 4. The summed E-state index contributed by atoms with van der Waals surface area (Å²) >= 11 is 0. The Morgan fingerprint density at radius 1 is 1.15 bits per heavy atom. The largest absolute Gasteiger partial charge is 0.371 e. The molecule has 0 fully saturated rings. The number of aliphatic imine (C=N–C) groups is 1. The molecule has 1 amide bonds. The van der Waals surface area contributed by atoms with Gasteiger partial charge in [-0.05, 0) is 29.4 Å². The van der Waals surface area contributed by atoms with Gasteiger partial charge in [-0.15, -0.1) is 0 Å². The van der Waals surface area contributed by atoms with Gasteiger partial charge in [-0.1, -0.05) is 75.9 Å². The van der Waals surface area contributed by atoms with Crippen molar-refractivity contribution in [1.82, 2.24) is 5.32 Å². The van der Waals surface area contributed by atoms with E-state index in [2.05, 4.69) is 45.3 Å². The van der Waals surface area contributed by atoms with E-state index in [1.54, 1.807) is 0 Å². The van der Waals surface area contributed by atoms with Crippen molar-refractivity contribution in [3.8, 4) is 0 Å². The predicted molar refractivity (Wildman–Crippen MR) is 134 cm³/mol. The molecule has 0 spiro atoms. The number of carbonyl (C=O) groups excluding carboxylic acids is 2. The summed E-state index contributed by atoms with van der Waals surface area (Å²) in [6, 6.07) is 9.95. The van der Waals surface area contributed by atoms with Gasteiger partial charge in [0.05, 0.1) is 31.0 Å². The minimum Gasteiger partial charge on any atom is -0.371 e. The lowest BCUT2D eigenvalue weighted by atomic mass is 9.91. The average Bonchev–Trinajstić information content (AvgIpc) is 3.16. The van der Waals surface area contributed by atoms with Gasteiger partial charge in [0.1, 0.15) is 0 Å². The highest BCUT2D eigenvalue weighted by Crippen LogP contribution is 2.37. The number of carbonyl (C=O) groups is 2. The normalized spacial score (nSPS) is 15.7. The maximum Gasteiger partial charge on any atom is 0.224 e. The van der Waals surface area contributed by atoms with E-state index in [0.29, 0.717) is 25.9 Å². The van der Waals surface area contributed by atoms with Crippen LogP contribution in [-0.2, 0) is 14.3 Å². The number of ether oxygens (including phenoxy) is 1. The minimum atomic E-state index is -0.0601. The Morgan fingerprint density at radius 3 is 2.58 bits per heavy atom. The molecule has 0 saturated carbocycles. The molecule has 0 bridgehead atoms. The zero-order valence-electron chi connectivity index (χ0n) is 20.0. The number of ketones is 1. The molecule has 1 heterocycles. The van der Waals surface area contributed by atoms with Crippen LogP contribution in [0.4, 0.5) is 0 Å². The molecule has 0 aromatic heterocycles. The van der Waals surface area contributed by atoms with Crippen molar-refractivity contribution in [2.24, 2.45) is 10.4 Å². The molecule has 174 valence electrons. The number of hydrogen-bond donors (Lipinski definition) is 1. The Kier molecular flexibility index (Phi) is 7.98. The standard InChI is InChI=1S/C28H34N2O3/c1-19(11-14-26(32)29-20(2)16-28(3,4)5)17-33-18-22-15-25(31)27-23(12-13-24(27)30-22)21-9-7-6-8-10-21/h6-10,12H,1-2,11,13-18H2,3-5H3,(H,29,32). The summed E-state index contributed by atoms with van der Waals surface area (Å²) < 4.78 is 5.75. The summed E-state index contributed by atoms with van der Waals surface area (Å²) in [7, 11) is 0. The van der Waals surface area contributed by atoms with Gasteiger partial charge in [0, 0.05) is 24.1 Å². The number of rotatable bonds is 10. The number of hydrogen-bond acceptors (Lipinski definition) is 4. The summed E-state index contributed by atoms with van der Waals surface area (Å²) in [6.07, 6.45) is 4.64. The summed E-state index contributed by atoms with van der Waals surface area (Å²) in [6.45, 7) is 14.9. The smallest absolute Gasteiger partial charge is 0.224 e. The summed E-state index contributed by atoms with van der Waals surface area (Å²) in [4.78, 5) is 29.6. The van der Waals surface area contributed by atoms with Crippen LogP contribution >= 0.6 is 0 Å². The van der Waals surface area contributed by atoms with E-state index in [0.717, 1.165) is 45.8 Å². The lowest BCUT2D eigenvalue weighted by molar-refractivity contribution is -0.120. The molecule has 0 radical (unpaired) electrons. The molecule has 5 heteroatoms. The maximum atomic E-state index is 12.8. The average molecular weight is 447 g/mol. The molecule has 3 rings (SSSR count). The molecule has 2 aliphatic rings. The van der Waals surface area contributed by atoms with Gasteiger partial charge in [-0.3, -0.25) is 14.6 Å². The van der Waals surface area contributed by atoms with E-state index >= 15 is 0 Å². The Labute approximate surface area is 197 Å². The van der Waals surface area contributed by atoms with Crippen molar-refractivity contribution < 1.29 is 14.3 Å². The number of amides is 1. The third-order valence-corrected chi connectivity index (χ3v) is 5.42. The van der Waals surface area contributed by atoms with Crippen LogP contribution in [0.3, 0.4) is 0 Å². The molecule has 1 aromatic rings. The van der Waals surface area contributed by atoms with Gasteiger partial charge in [0.15, 0.2) is 5.78 Å². The monoisotopic (exact) mass is 446 g/mol. The van der Waals surface area contributed by atoms with Crippen molar-refractivity contribution in [2.45, 2.75) is 52.9 Å². The topological polar surface area (TPSA) is 67.8 Å². The lowest BCUT2D eigenvalue weighted by Gasteiger charge is -2.20. The van der Waals surface area contributed by atoms with Gasteiger partial charge < -0.3 is 10.1 Å². The number of nitrogens with one attached hydrogen (secondary N) is 1. The number of nitrogens with zero attached hydrogens (tertiary/aromatic N) is 1. The summed E-state index contributed by atoms with van der Waals surface area (Å²) in [5.41, 5.74) is 6.00. The second-order valence-corrected chi connectivity index (χ2v) is 9.92. The Bertz CT molecular complexity index is 1040. The highest BCUT2D eigenvalue weighted by atomic mass is 16.5. The van der Waals surface area contributed by atoms with Crippen LogP contribution in [0.1, 0.15) is 58.4 Å². The van der Waals surface area contributed by atoms with E-state index in [9.17, 15) is 9.59 Å². The van der Waals surface area contributed by atoms with E-state index in [-0.39, 0.29) is 30.1 Å². The highest BCUT2D eigenvalue weighted by Gasteiger charge is 2.29. The lowest BCUT2D eigenvalue weighted by Crippen LogP contribution is -2.25. The van der Waals surface area contributed by atoms with Crippen molar-refractivity contribution in [2.75, 3.05) is 13.2 Å². The molecule has 0 unspecified atom stereocenters. The van der Waals surface area contributed by atoms with Crippen molar-refractivity contribution in [1.29, 1.82) is 0 Å². The zero-order valence-corrected chi connectivity index (χ0v) is 20.0. The highest BCUT2D eigenvalue weighted by molar-refractivity contribution is 6.21. The second kappa shape index (κ2) is 10.7. The molecule has 0 saturated heterocycles. The minimum absolute atomic E-state index is 0.0601. The van der Waals surface area contributed by atoms with Crippen LogP contribution in [0.5, 0.6) is 0 Å². The first-order chi connectivity index (χ1) is 15.6.